The molecule has 1 saturated carbocycles. The Morgan fingerprint density at radius 1 is 1.33 bits per heavy atom. The van der Waals surface area contributed by atoms with Gasteiger partial charge in [0.05, 0.1) is 0 Å². The molecule has 0 radical (unpaired) electrons. The number of halogens is 2. The number of carbonyl (C=O) groups is 1. The van der Waals surface area contributed by atoms with Gasteiger partial charge in [0.25, 0.3) is 0 Å². The van der Waals surface area contributed by atoms with E-state index in [4.69, 9.17) is 28.9 Å². The molecule has 1 aromatic heterocycles. The summed E-state index contributed by atoms with van der Waals surface area (Å²) in [6, 6.07) is 0. The zero-order valence-corrected chi connectivity index (χ0v) is 11.3. The summed E-state index contributed by atoms with van der Waals surface area (Å²) in [5.74, 6) is -0.210. The van der Waals surface area contributed by atoms with Crippen molar-refractivity contribution in [2.75, 3.05) is 5.32 Å². The van der Waals surface area contributed by atoms with Gasteiger partial charge in [-0.3, -0.25) is 4.79 Å². The van der Waals surface area contributed by atoms with Gasteiger partial charge >= 0.3 is 0 Å². The summed E-state index contributed by atoms with van der Waals surface area (Å²) in [5.41, 5.74) is 5.97. The van der Waals surface area contributed by atoms with E-state index in [-0.39, 0.29) is 28.3 Å². The van der Waals surface area contributed by atoms with Gasteiger partial charge in [0.1, 0.15) is 12.0 Å². The predicted octanol–water partition coefficient (Wildman–Crippen LogP) is 2.38. The number of nitrogens with zero attached hydrogens (tertiary/aromatic N) is 2. The molecule has 0 saturated heterocycles. The quantitative estimate of drug-likeness (QED) is 0.837. The summed E-state index contributed by atoms with van der Waals surface area (Å²) in [4.78, 5) is 19.4. The highest BCUT2D eigenvalue weighted by Gasteiger charge is 2.32. The van der Waals surface area contributed by atoms with Crippen LogP contribution in [0.4, 0.5) is 5.69 Å². The van der Waals surface area contributed by atoms with Crippen LogP contribution in [0.2, 0.25) is 10.3 Å². The molecule has 1 heterocycles. The number of carbonyl (C=O) groups excluding carboxylic acids is 1. The molecular weight excluding hydrogens is 275 g/mol. The average Bonchev–Trinajstić information content (AvgIpc) is 2.70. The molecular formula is C11H14Cl2N4O. The minimum absolute atomic E-state index is 0.126. The first-order chi connectivity index (χ1) is 8.50. The monoisotopic (exact) mass is 288 g/mol. The molecule has 1 fully saturated rings. The Labute approximate surface area is 115 Å². The number of hydrogen-bond acceptors (Lipinski definition) is 4. The number of anilines is 1. The van der Waals surface area contributed by atoms with E-state index in [1.807, 2.05) is 0 Å². The number of nitrogens with one attached hydrogen (secondary N) is 1. The fraction of sp³-hybridized carbons (Fsp3) is 0.545. The standard InChI is InChI=1S/C11H14Cl2N4O/c12-9-8(10(13)16-6-15-9)17-7(18)5-11(14)3-1-2-4-11/h6H,1-5,14H2,(H,17,18). The fourth-order valence-corrected chi connectivity index (χ4v) is 2.62. The minimum atomic E-state index is -0.404. The highest BCUT2D eigenvalue weighted by atomic mass is 35.5. The molecule has 5 nitrogen and oxygen atoms in total. The van der Waals surface area contributed by atoms with Gasteiger partial charge in [-0.25, -0.2) is 9.97 Å². The van der Waals surface area contributed by atoms with Gasteiger partial charge in [0, 0.05) is 12.0 Å². The molecule has 1 aliphatic rings. The second kappa shape index (κ2) is 5.38. The number of aromatic nitrogens is 2. The van der Waals surface area contributed by atoms with Crippen LogP contribution in [-0.4, -0.2) is 21.4 Å². The maximum atomic E-state index is 11.9. The highest BCUT2D eigenvalue weighted by molar-refractivity contribution is 6.38. The average molecular weight is 289 g/mol. The van der Waals surface area contributed by atoms with Gasteiger partial charge in [-0.05, 0) is 12.8 Å². The topological polar surface area (TPSA) is 80.9 Å². The van der Waals surface area contributed by atoms with E-state index in [0.717, 1.165) is 25.7 Å². The van der Waals surface area contributed by atoms with Gasteiger partial charge in [0.2, 0.25) is 5.91 Å². The molecule has 98 valence electrons. The van der Waals surface area contributed by atoms with E-state index in [1.54, 1.807) is 0 Å². The van der Waals surface area contributed by atoms with Crippen molar-refractivity contribution in [1.82, 2.24) is 9.97 Å². The van der Waals surface area contributed by atoms with Crippen LogP contribution in [-0.2, 0) is 4.79 Å². The minimum Gasteiger partial charge on any atom is -0.325 e. The molecule has 0 aliphatic heterocycles. The Morgan fingerprint density at radius 3 is 2.44 bits per heavy atom. The van der Waals surface area contributed by atoms with Crippen LogP contribution in [0.1, 0.15) is 32.1 Å². The molecule has 18 heavy (non-hydrogen) atoms. The molecule has 0 atom stereocenters. The largest absolute Gasteiger partial charge is 0.325 e. The summed E-state index contributed by atoms with van der Waals surface area (Å²) in [6.07, 6.45) is 5.37. The van der Waals surface area contributed by atoms with E-state index in [0.29, 0.717) is 0 Å². The Kier molecular flexibility index (Phi) is 4.04. The molecule has 7 heteroatoms. The van der Waals surface area contributed by atoms with E-state index in [2.05, 4.69) is 15.3 Å². The first-order valence-corrected chi connectivity index (χ1v) is 6.50. The smallest absolute Gasteiger partial charge is 0.226 e. The van der Waals surface area contributed by atoms with Crippen molar-refractivity contribution in [2.45, 2.75) is 37.6 Å². The molecule has 1 amide bonds. The van der Waals surface area contributed by atoms with Crippen molar-refractivity contribution in [3.05, 3.63) is 16.6 Å². The zero-order chi connectivity index (χ0) is 13.2. The van der Waals surface area contributed by atoms with Crippen LogP contribution in [0.3, 0.4) is 0 Å². The van der Waals surface area contributed by atoms with Gasteiger partial charge in [-0.2, -0.15) is 0 Å². The Morgan fingerprint density at radius 2 is 1.89 bits per heavy atom. The highest BCUT2D eigenvalue weighted by Crippen LogP contribution is 2.31. The van der Waals surface area contributed by atoms with Crippen LogP contribution in [0.5, 0.6) is 0 Å². The first-order valence-electron chi connectivity index (χ1n) is 5.75. The second-order valence-electron chi connectivity index (χ2n) is 4.62. The summed E-state index contributed by atoms with van der Waals surface area (Å²) in [7, 11) is 0. The molecule has 1 aromatic rings. The van der Waals surface area contributed by atoms with E-state index >= 15 is 0 Å². The Bertz CT molecular complexity index is 440. The van der Waals surface area contributed by atoms with Crippen molar-refractivity contribution in [1.29, 1.82) is 0 Å². The second-order valence-corrected chi connectivity index (χ2v) is 5.34. The normalized spacial score (nSPS) is 17.7. The predicted molar refractivity (Wildman–Crippen MR) is 70.7 cm³/mol. The van der Waals surface area contributed by atoms with Gasteiger partial charge in [-0.15, -0.1) is 0 Å². The number of hydrogen-bond donors (Lipinski definition) is 2. The lowest BCUT2D eigenvalue weighted by Gasteiger charge is -2.22. The number of rotatable bonds is 3. The third-order valence-electron chi connectivity index (χ3n) is 3.13. The van der Waals surface area contributed by atoms with Crippen molar-refractivity contribution >= 4 is 34.8 Å². The van der Waals surface area contributed by atoms with Crippen LogP contribution in [0.15, 0.2) is 6.33 Å². The Hall–Kier alpha value is -0.910. The van der Waals surface area contributed by atoms with Gasteiger partial charge in [0.15, 0.2) is 10.3 Å². The van der Waals surface area contributed by atoms with Crippen LogP contribution < -0.4 is 11.1 Å². The number of nitrogens with two attached hydrogens (primary N) is 1. The fourth-order valence-electron chi connectivity index (χ4n) is 2.21. The van der Waals surface area contributed by atoms with Crippen LogP contribution in [0.25, 0.3) is 0 Å². The van der Waals surface area contributed by atoms with E-state index < -0.39 is 5.54 Å². The lowest BCUT2D eigenvalue weighted by molar-refractivity contribution is -0.117. The third kappa shape index (κ3) is 3.10. The molecule has 0 spiro atoms. The van der Waals surface area contributed by atoms with Crippen LogP contribution >= 0.6 is 23.2 Å². The van der Waals surface area contributed by atoms with Crippen molar-refractivity contribution in [3.63, 3.8) is 0 Å². The lowest BCUT2D eigenvalue weighted by atomic mass is 9.94. The number of amides is 1. The molecule has 0 aromatic carbocycles. The summed E-state index contributed by atoms with van der Waals surface area (Å²) in [6.45, 7) is 0. The van der Waals surface area contributed by atoms with Crippen molar-refractivity contribution in [2.24, 2.45) is 5.73 Å². The summed E-state index contributed by atoms with van der Waals surface area (Å²) >= 11 is 11.7. The van der Waals surface area contributed by atoms with E-state index in [9.17, 15) is 4.79 Å². The molecule has 0 bridgehead atoms. The zero-order valence-electron chi connectivity index (χ0n) is 9.75. The van der Waals surface area contributed by atoms with Gasteiger partial charge < -0.3 is 11.1 Å². The molecule has 2 rings (SSSR count). The summed E-state index contributed by atoms with van der Waals surface area (Å²) < 4.78 is 0. The van der Waals surface area contributed by atoms with Crippen molar-refractivity contribution < 1.29 is 4.79 Å². The Balaban J connectivity index is 2.03. The lowest BCUT2D eigenvalue weighted by Crippen LogP contribution is -2.40. The molecule has 1 aliphatic carbocycles. The first kappa shape index (κ1) is 13.5. The third-order valence-corrected chi connectivity index (χ3v) is 3.70. The molecule has 0 unspecified atom stereocenters. The maximum absolute atomic E-state index is 11.9. The maximum Gasteiger partial charge on any atom is 0.226 e. The van der Waals surface area contributed by atoms with Gasteiger partial charge in [-0.1, -0.05) is 36.0 Å². The van der Waals surface area contributed by atoms with Crippen molar-refractivity contribution in [3.8, 4) is 0 Å². The van der Waals surface area contributed by atoms with Crippen LogP contribution in [0, 0.1) is 0 Å². The molecule has 3 N–H and O–H groups in total. The summed E-state index contributed by atoms with van der Waals surface area (Å²) in [5, 5.41) is 2.87. The van der Waals surface area contributed by atoms with E-state index in [1.165, 1.54) is 6.33 Å². The SMILES string of the molecule is NC1(CC(=O)Nc2c(Cl)ncnc2Cl)CCCC1.